The number of halogens is 4. The van der Waals surface area contributed by atoms with Gasteiger partial charge in [0.15, 0.2) is 5.78 Å². The second-order valence-corrected chi connectivity index (χ2v) is 5.61. The number of hydrogen-bond donors (Lipinski definition) is 0. The lowest BCUT2D eigenvalue weighted by Gasteiger charge is -2.07. The van der Waals surface area contributed by atoms with Gasteiger partial charge in [0, 0.05) is 6.42 Å². The van der Waals surface area contributed by atoms with Crippen LogP contribution in [0.25, 0.3) is 0 Å². The number of hydrogen-bond acceptors (Lipinski definition) is 2. The zero-order valence-corrected chi connectivity index (χ0v) is 11.1. The summed E-state index contributed by atoms with van der Waals surface area (Å²) in [5.41, 5.74) is -0.176. The topological polar surface area (TPSA) is 17.1 Å². The van der Waals surface area contributed by atoms with E-state index in [1.54, 1.807) is 12.1 Å². The zero-order valence-electron chi connectivity index (χ0n) is 9.50. The van der Waals surface area contributed by atoms with Crippen LogP contribution in [0.15, 0.2) is 36.4 Å². The molecular formula is C13H8ClF3OS. The predicted molar refractivity (Wildman–Crippen MR) is 68.8 cm³/mol. The molecule has 6 heteroatoms. The lowest BCUT2D eigenvalue weighted by Crippen LogP contribution is -2.06. The normalized spacial score (nSPS) is 11.6. The summed E-state index contributed by atoms with van der Waals surface area (Å²) in [6.07, 6.45) is -4.29. The minimum absolute atomic E-state index is 0.0645. The average Bonchev–Trinajstić information content (AvgIpc) is 2.75. The molecule has 0 fully saturated rings. The van der Waals surface area contributed by atoms with Gasteiger partial charge in [-0.15, -0.1) is 11.3 Å². The van der Waals surface area contributed by atoms with Crippen molar-refractivity contribution in [2.45, 2.75) is 12.6 Å². The van der Waals surface area contributed by atoms with E-state index in [4.69, 9.17) is 11.6 Å². The number of carbonyl (C=O) groups is 1. The van der Waals surface area contributed by atoms with Gasteiger partial charge >= 0.3 is 6.18 Å². The van der Waals surface area contributed by atoms with Crippen molar-refractivity contribution < 1.29 is 18.0 Å². The Hall–Kier alpha value is -1.33. The molecule has 1 aromatic carbocycles. The van der Waals surface area contributed by atoms with Gasteiger partial charge in [0.2, 0.25) is 0 Å². The quantitative estimate of drug-likeness (QED) is 0.741. The molecule has 0 saturated heterocycles. The van der Waals surface area contributed by atoms with E-state index in [1.807, 2.05) is 0 Å². The Morgan fingerprint density at radius 2 is 1.74 bits per heavy atom. The van der Waals surface area contributed by atoms with Crippen LogP contribution < -0.4 is 0 Å². The molecule has 0 saturated carbocycles. The van der Waals surface area contributed by atoms with Crippen molar-refractivity contribution in [2.75, 3.05) is 0 Å². The fourth-order valence-electron chi connectivity index (χ4n) is 1.55. The van der Waals surface area contributed by atoms with Crippen molar-refractivity contribution >= 4 is 28.7 Å². The van der Waals surface area contributed by atoms with E-state index in [0.29, 0.717) is 14.8 Å². The van der Waals surface area contributed by atoms with Gasteiger partial charge in [-0.3, -0.25) is 4.79 Å². The summed E-state index contributed by atoms with van der Waals surface area (Å²) in [4.78, 5) is 12.3. The number of Topliss-reactive ketones (excluding diaryl/α,β-unsaturated/α-hetero) is 1. The van der Waals surface area contributed by atoms with Crippen LogP contribution in [0.5, 0.6) is 0 Å². The third kappa shape index (κ3) is 3.58. The predicted octanol–water partition coefficient (Wildman–Crippen LogP) is 4.85. The van der Waals surface area contributed by atoms with Crippen LogP contribution in [0.4, 0.5) is 13.2 Å². The highest BCUT2D eigenvalue weighted by Crippen LogP contribution is 2.29. The van der Waals surface area contributed by atoms with Gasteiger partial charge in [-0.1, -0.05) is 23.7 Å². The molecule has 0 N–H and O–H groups in total. The first-order valence-electron chi connectivity index (χ1n) is 5.31. The molecule has 0 bridgehead atoms. The lowest BCUT2D eigenvalue weighted by atomic mass is 10.1. The maximum Gasteiger partial charge on any atom is 0.416 e. The van der Waals surface area contributed by atoms with Crippen molar-refractivity contribution in [3.63, 3.8) is 0 Å². The van der Waals surface area contributed by atoms with Crippen molar-refractivity contribution in [3.8, 4) is 0 Å². The maximum absolute atomic E-state index is 12.4. The highest BCUT2D eigenvalue weighted by Gasteiger charge is 2.29. The molecule has 2 rings (SSSR count). The van der Waals surface area contributed by atoms with E-state index in [1.165, 1.54) is 12.1 Å². The molecule has 1 aromatic heterocycles. The molecule has 1 heterocycles. The second kappa shape index (κ2) is 5.35. The van der Waals surface area contributed by atoms with Crippen molar-refractivity contribution in [3.05, 3.63) is 56.7 Å². The van der Waals surface area contributed by atoms with Gasteiger partial charge in [-0.05, 0) is 29.8 Å². The Labute approximate surface area is 116 Å². The van der Waals surface area contributed by atoms with Crippen LogP contribution in [0.1, 0.15) is 20.8 Å². The van der Waals surface area contributed by atoms with Gasteiger partial charge in [0.25, 0.3) is 0 Å². The van der Waals surface area contributed by atoms with Crippen LogP contribution in [-0.2, 0) is 12.6 Å². The first kappa shape index (κ1) is 14.1. The van der Waals surface area contributed by atoms with Crippen molar-refractivity contribution in [1.82, 2.24) is 0 Å². The Kier molecular flexibility index (Phi) is 3.96. The molecule has 0 unspecified atom stereocenters. The molecule has 100 valence electrons. The Bertz CT molecular complexity index is 587. The number of benzene rings is 1. The van der Waals surface area contributed by atoms with E-state index in [-0.39, 0.29) is 12.2 Å². The number of alkyl halides is 3. The van der Waals surface area contributed by atoms with Crippen molar-refractivity contribution in [1.29, 1.82) is 0 Å². The molecule has 0 atom stereocenters. The summed E-state index contributed by atoms with van der Waals surface area (Å²) in [6, 6.07) is 7.81. The molecule has 0 amide bonds. The first-order valence-corrected chi connectivity index (χ1v) is 6.50. The largest absolute Gasteiger partial charge is 0.416 e. The van der Waals surface area contributed by atoms with E-state index >= 15 is 0 Å². The van der Waals surface area contributed by atoms with Gasteiger partial charge < -0.3 is 0 Å². The van der Waals surface area contributed by atoms with Crippen molar-refractivity contribution in [2.24, 2.45) is 0 Å². The molecule has 0 spiro atoms. The molecule has 0 radical (unpaired) electrons. The fraction of sp³-hybridized carbons (Fsp3) is 0.154. The number of thiophene rings is 1. The van der Waals surface area contributed by atoms with E-state index in [2.05, 4.69) is 0 Å². The summed E-state index contributed by atoms with van der Waals surface area (Å²) < 4.78 is 37.6. The van der Waals surface area contributed by atoms with Crippen LogP contribution in [0.3, 0.4) is 0 Å². The van der Waals surface area contributed by atoms with E-state index in [9.17, 15) is 18.0 Å². The van der Waals surface area contributed by atoms with Gasteiger partial charge in [0.1, 0.15) is 0 Å². The Balaban J connectivity index is 2.10. The van der Waals surface area contributed by atoms with E-state index in [0.717, 1.165) is 23.5 Å². The zero-order chi connectivity index (χ0) is 14.0. The lowest BCUT2D eigenvalue weighted by molar-refractivity contribution is -0.137. The standard InChI is InChI=1S/C13H8ClF3OS/c14-12-6-5-11(19-12)10(18)7-8-1-3-9(4-2-8)13(15,16)17/h1-6H,7H2. The summed E-state index contributed by atoms with van der Waals surface area (Å²) in [5, 5.41) is 0. The van der Waals surface area contributed by atoms with Crippen LogP contribution in [0.2, 0.25) is 4.34 Å². The summed E-state index contributed by atoms with van der Waals surface area (Å²) in [6.45, 7) is 0. The minimum Gasteiger partial charge on any atom is -0.293 e. The van der Waals surface area contributed by atoms with Crippen LogP contribution in [-0.4, -0.2) is 5.78 Å². The number of rotatable bonds is 3. The Morgan fingerprint density at radius 3 is 2.21 bits per heavy atom. The van der Waals surface area contributed by atoms with Gasteiger partial charge in [-0.2, -0.15) is 13.2 Å². The number of ketones is 1. The molecule has 0 aliphatic carbocycles. The molecule has 2 aromatic rings. The maximum atomic E-state index is 12.4. The van der Waals surface area contributed by atoms with Gasteiger partial charge in [-0.25, -0.2) is 0 Å². The molecule has 19 heavy (non-hydrogen) atoms. The minimum atomic E-state index is -4.36. The summed E-state index contributed by atoms with van der Waals surface area (Å²) >= 11 is 6.88. The fourth-order valence-corrected chi connectivity index (χ4v) is 2.53. The summed E-state index contributed by atoms with van der Waals surface area (Å²) in [7, 11) is 0. The highest BCUT2D eigenvalue weighted by atomic mass is 35.5. The highest BCUT2D eigenvalue weighted by molar-refractivity contribution is 7.18. The third-order valence-corrected chi connectivity index (χ3v) is 3.77. The first-order chi connectivity index (χ1) is 8.86. The smallest absolute Gasteiger partial charge is 0.293 e. The third-order valence-electron chi connectivity index (χ3n) is 2.49. The number of carbonyl (C=O) groups excluding carboxylic acids is 1. The molecular weight excluding hydrogens is 297 g/mol. The van der Waals surface area contributed by atoms with Crippen LogP contribution >= 0.6 is 22.9 Å². The molecule has 1 nitrogen and oxygen atoms in total. The Morgan fingerprint density at radius 1 is 1.11 bits per heavy atom. The van der Waals surface area contributed by atoms with Crippen LogP contribution in [0, 0.1) is 0 Å². The van der Waals surface area contributed by atoms with Gasteiger partial charge in [0.05, 0.1) is 14.8 Å². The second-order valence-electron chi connectivity index (χ2n) is 3.90. The average molecular weight is 305 g/mol. The summed E-state index contributed by atoms with van der Waals surface area (Å²) in [5.74, 6) is -0.156. The monoisotopic (exact) mass is 304 g/mol. The van der Waals surface area contributed by atoms with E-state index < -0.39 is 11.7 Å². The SMILES string of the molecule is O=C(Cc1ccc(C(F)(F)F)cc1)c1ccc(Cl)s1. The molecule has 0 aliphatic rings. The molecule has 0 aliphatic heterocycles.